The number of benzene rings is 3. The maximum atomic E-state index is 13.2. The highest BCUT2D eigenvalue weighted by molar-refractivity contribution is 5.96. The summed E-state index contributed by atoms with van der Waals surface area (Å²) in [5, 5.41) is 0. The Kier molecular flexibility index (Phi) is 5.42. The first-order valence-corrected chi connectivity index (χ1v) is 11.2. The summed E-state index contributed by atoms with van der Waals surface area (Å²) in [5.74, 6) is 0.360. The lowest BCUT2D eigenvalue weighted by Crippen LogP contribution is -2.25. The van der Waals surface area contributed by atoms with Crippen LogP contribution < -0.4 is 4.90 Å². The topological polar surface area (TPSA) is 38.1 Å². The number of imidazole rings is 1. The molecule has 4 nitrogen and oxygen atoms in total. The van der Waals surface area contributed by atoms with Crippen molar-refractivity contribution in [2.75, 3.05) is 11.4 Å². The standard InChI is InChI=1S/C27H24F3N3O/c1-17-10-11-18(2)19(12-17)15-33-24-9-4-3-8-23(24)31-26(33)20-13-25(34)32(16-20)22-7-5-6-21(14-22)27(28,29)30/h3-12,14,20H,13,15-16H2,1-2H3. The average molecular weight is 464 g/mol. The van der Waals surface area contributed by atoms with Crippen molar-refractivity contribution in [1.29, 1.82) is 0 Å². The van der Waals surface area contributed by atoms with Crippen molar-refractivity contribution in [3.8, 4) is 0 Å². The number of rotatable bonds is 4. The van der Waals surface area contributed by atoms with Crippen molar-refractivity contribution >= 4 is 22.6 Å². The highest BCUT2D eigenvalue weighted by Gasteiger charge is 2.36. The van der Waals surface area contributed by atoms with E-state index >= 15 is 0 Å². The van der Waals surface area contributed by atoms with Crippen molar-refractivity contribution in [1.82, 2.24) is 9.55 Å². The molecule has 1 amide bonds. The molecule has 1 aliphatic heterocycles. The quantitative estimate of drug-likeness (QED) is 0.359. The van der Waals surface area contributed by atoms with Gasteiger partial charge in [0.2, 0.25) is 5.91 Å². The highest BCUT2D eigenvalue weighted by atomic mass is 19.4. The molecule has 1 aromatic heterocycles. The minimum atomic E-state index is -4.46. The van der Waals surface area contributed by atoms with E-state index in [0.717, 1.165) is 29.0 Å². The molecule has 0 N–H and O–H groups in total. The molecule has 1 atom stereocenters. The fraction of sp³-hybridized carbons (Fsp3) is 0.259. The molecular weight excluding hydrogens is 439 g/mol. The Morgan fingerprint density at radius 2 is 1.79 bits per heavy atom. The van der Waals surface area contributed by atoms with E-state index in [9.17, 15) is 18.0 Å². The van der Waals surface area contributed by atoms with E-state index < -0.39 is 11.7 Å². The number of amides is 1. The number of fused-ring (bicyclic) bond motifs is 1. The number of para-hydroxylation sites is 2. The van der Waals surface area contributed by atoms with E-state index in [1.165, 1.54) is 27.7 Å². The first kappa shape index (κ1) is 22.2. The van der Waals surface area contributed by atoms with E-state index in [-0.39, 0.29) is 30.5 Å². The van der Waals surface area contributed by atoms with Crippen LogP contribution in [0.3, 0.4) is 0 Å². The fourth-order valence-electron chi connectivity index (χ4n) is 4.69. The van der Waals surface area contributed by atoms with Gasteiger partial charge in [-0.2, -0.15) is 13.2 Å². The number of hydrogen-bond donors (Lipinski definition) is 0. The molecule has 1 saturated heterocycles. The Morgan fingerprint density at radius 1 is 1.00 bits per heavy atom. The van der Waals surface area contributed by atoms with Crippen LogP contribution in [-0.2, 0) is 17.5 Å². The number of carbonyl (C=O) groups excluding carboxylic acids is 1. The third-order valence-corrected chi connectivity index (χ3v) is 6.49. The van der Waals surface area contributed by atoms with Crippen LogP contribution in [0.4, 0.5) is 18.9 Å². The van der Waals surface area contributed by atoms with Gasteiger partial charge in [0.1, 0.15) is 5.82 Å². The first-order chi connectivity index (χ1) is 16.2. The van der Waals surface area contributed by atoms with Gasteiger partial charge >= 0.3 is 6.18 Å². The van der Waals surface area contributed by atoms with Crippen LogP contribution in [-0.4, -0.2) is 22.0 Å². The molecule has 0 saturated carbocycles. The Morgan fingerprint density at radius 3 is 2.59 bits per heavy atom. The molecule has 1 fully saturated rings. The molecule has 7 heteroatoms. The summed E-state index contributed by atoms with van der Waals surface area (Å²) in [6.45, 7) is 5.02. The maximum Gasteiger partial charge on any atom is 0.416 e. The second-order valence-electron chi connectivity index (χ2n) is 8.93. The fourth-order valence-corrected chi connectivity index (χ4v) is 4.69. The molecule has 0 bridgehead atoms. The van der Waals surface area contributed by atoms with Crippen molar-refractivity contribution < 1.29 is 18.0 Å². The number of hydrogen-bond acceptors (Lipinski definition) is 2. The monoisotopic (exact) mass is 463 g/mol. The highest BCUT2D eigenvalue weighted by Crippen LogP contribution is 2.36. The number of anilines is 1. The molecule has 5 rings (SSSR count). The zero-order valence-electron chi connectivity index (χ0n) is 18.9. The lowest BCUT2D eigenvalue weighted by Gasteiger charge is -2.19. The van der Waals surface area contributed by atoms with Gasteiger partial charge in [0, 0.05) is 31.1 Å². The summed E-state index contributed by atoms with van der Waals surface area (Å²) < 4.78 is 41.8. The molecule has 0 radical (unpaired) electrons. The maximum absolute atomic E-state index is 13.2. The third-order valence-electron chi connectivity index (χ3n) is 6.49. The predicted octanol–water partition coefficient (Wildman–Crippen LogP) is 6.24. The van der Waals surface area contributed by atoms with Crippen molar-refractivity contribution in [2.24, 2.45) is 0 Å². The number of carbonyl (C=O) groups is 1. The molecule has 0 spiro atoms. The van der Waals surface area contributed by atoms with Gasteiger partial charge in [-0.25, -0.2) is 4.98 Å². The zero-order chi connectivity index (χ0) is 24.0. The SMILES string of the molecule is Cc1ccc(C)c(Cn2c(C3CC(=O)N(c4cccc(C(F)(F)F)c4)C3)nc3ccccc32)c1. The average Bonchev–Trinajstić information content (AvgIpc) is 3.36. The number of aryl methyl sites for hydroxylation is 2. The number of aromatic nitrogens is 2. The number of nitrogens with zero attached hydrogens (tertiary/aromatic N) is 3. The van der Waals surface area contributed by atoms with E-state index in [4.69, 9.17) is 4.98 Å². The summed E-state index contributed by atoms with van der Waals surface area (Å²) in [6, 6.07) is 19.1. The summed E-state index contributed by atoms with van der Waals surface area (Å²) in [4.78, 5) is 19.2. The van der Waals surface area contributed by atoms with E-state index in [1.54, 1.807) is 6.07 Å². The first-order valence-electron chi connectivity index (χ1n) is 11.2. The minimum absolute atomic E-state index is 0.199. The second-order valence-corrected chi connectivity index (χ2v) is 8.93. The molecule has 1 aliphatic rings. The van der Waals surface area contributed by atoms with Crippen LogP contribution >= 0.6 is 0 Å². The van der Waals surface area contributed by atoms with Gasteiger partial charge in [0.25, 0.3) is 0 Å². The van der Waals surface area contributed by atoms with Gasteiger partial charge in [-0.3, -0.25) is 4.79 Å². The molecule has 3 aromatic carbocycles. The van der Waals surface area contributed by atoms with Gasteiger partial charge in [0.05, 0.1) is 16.6 Å². The van der Waals surface area contributed by atoms with Gasteiger partial charge < -0.3 is 9.47 Å². The Balaban J connectivity index is 1.52. The summed E-state index contributed by atoms with van der Waals surface area (Å²) in [5.41, 5.74) is 4.82. The number of alkyl halides is 3. The van der Waals surface area contributed by atoms with E-state index in [2.05, 4.69) is 36.6 Å². The zero-order valence-corrected chi connectivity index (χ0v) is 18.9. The van der Waals surface area contributed by atoms with Crippen LogP contribution in [0.5, 0.6) is 0 Å². The normalized spacial score (nSPS) is 16.6. The van der Waals surface area contributed by atoms with Crippen molar-refractivity contribution in [3.63, 3.8) is 0 Å². The molecule has 2 heterocycles. The van der Waals surface area contributed by atoms with Gasteiger partial charge in [-0.15, -0.1) is 0 Å². The predicted molar refractivity (Wildman–Crippen MR) is 126 cm³/mol. The van der Waals surface area contributed by atoms with Crippen LogP contribution in [0.1, 0.15) is 40.4 Å². The molecule has 174 valence electrons. The second kappa shape index (κ2) is 8.31. The molecule has 1 unspecified atom stereocenters. The molecule has 0 aliphatic carbocycles. The Hall–Kier alpha value is -3.61. The Bertz CT molecular complexity index is 1390. The van der Waals surface area contributed by atoms with Gasteiger partial charge in [-0.1, -0.05) is 42.0 Å². The van der Waals surface area contributed by atoms with Crippen LogP contribution in [0.2, 0.25) is 0 Å². The molecule has 4 aromatic rings. The van der Waals surface area contributed by atoms with Crippen LogP contribution in [0.15, 0.2) is 66.7 Å². The summed E-state index contributed by atoms with van der Waals surface area (Å²) in [6.07, 6.45) is -4.26. The molecule has 34 heavy (non-hydrogen) atoms. The lowest BCUT2D eigenvalue weighted by molar-refractivity contribution is -0.137. The minimum Gasteiger partial charge on any atom is -0.323 e. The van der Waals surface area contributed by atoms with Gasteiger partial charge in [0.15, 0.2) is 0 Å². The summed E-state index contributed by atoms with van der Waals surface area (Å²) in [7, 11) is 0. The Labute approximate surface area is 195 Å². The van der Waals surface area contributed by atoms with E-state index in [0.29, 0.717) is 6.54 Å². The summed E-state index contributed by atoms with van der Waals surface area (Å²) >= 11 is 0. The molecular formula is C27H24F3N3O. The largest absolute Gasteiger partial charge is 0.416 e. The third kappa shape index (κ3) is 4.06. The van der Waals surface area contributed by atoms with E-state index in [1.807, 2.05) is 24.3 Å². The lowest BCUT2D eigenvalue weighted by atomic mass is 10.0. The number of halogens is 3. The van der Waals surface area contributed by atoms with Crippen LogP contribution in [0, 0.1) is 13.8 Å². The van der Waals surface area contributed by atoms with Gasteiger partial charge in [-0.05, 0) is 55.3 Å². The van der Waals surface area contributed by atoms with Crippen molar-refractivity contribution in [3.05, 3.63) is 94.8 Å². The smallest absolute Gasteiger partial charge is 0.323 e. The van der Waals surface area contributed by atoms with Crippen molar-refractivity contribution in [2.45, 2.75) is 38.9 Å². The van der Waals surface area contributed by atoms with Crippen LogP contribution in [0.25, 0.3) is 11.0 Å².